The maximum Gasteiger partial charge on any atom is 0.416 e. The lowest BCUT2D eigenvalue weighted by Crippen LogP contribution is -2.45. The van der Waals surface area contributed by atoms with Gasteiger partial charge in [-0.05, 0) is 29.8 Å². The standard InChI is InChI=1S/C16H17F3N2O.ClH/c17-16(18,19)13-5-3-12(4-6-13)15(14-2-1-11-22-14)21-9-7-20-8-10-21;/h1-6,11,15,20H,7-10H2;1H/t15-;/m1./s1. The molecule has 1 N–H and O–H groups in total. The molecular formula is C16H18ClF3N2O. The Balaban J connectivity index is 0.00000192. The second-order valence-electron chi connectivity index (χ2n) is 5.32. The predicted molar refractivity (Wildman–Crippen MR) is 83.7 cm³/mol. The zero-order chi connectivity index (χ0) is 15.6. The highest BCUT2D eigenvalue weighted by molar-refractivity contribution is 5.85. The van der Waals surface area contributed by atoms with Crippen molar-refractivity contribution in [1.82, 2.24) is 10.2 Å². The second-order valence-corrected chi connectivity index (χ2v) is 5.32. The molecule has 0 aliphatic carbocycles. The van der Waals surface area contributed by atoms with Crippen LogP contribution >= 0.6 is 12.4 Å². The molecule has 0 amide bonds. The van der Waals surface area contributed by atoms with Gasteiger partial charge in [0.2, 0.25) is 0 Å². The SMILES string of the molecule is Cl.FC(F)(F)c1ccc([C@H](c2ccco2)N2CCNCC2)cc1. The number of nitrogens with zero attached hydrogens (tertiary/aromatic N) is 1. The fourth-order valence-electron chi connectivity index (χ4n) is 2.80. The molecule has 0 saturated carbocycles. The summed E-state index contributed by atoms with van der Waals surface area (Å²) < 4.78 is 43.7. The van der Waals surface area contributed by atoms with Gasteiger partial charge < -0.3 is 9.73 Å². The molecule has 3 nitrogen and oxygen atoms in total. The van der Waals surface area contributed by atoms with Crippen molar-refractivity contribution in [2.75, 3.05) is 26.2 Å². The zero-order valence-corrected chi connectivity index (χ0v) is 13.2. The summed E-state index contributed by atoms with van der Waals surface area (Å²) in [7, 11) is 0. The van der Waals surface area contributed by atoms with E-state index in [2.05, 4.69) is 10.2 Å². The Kier molecular flexibility index (Phi) is 5.73. The second kappa shape index (κ2) is 7.38. The van der Waals surface area contributed by atoms with E-state index in [0.717, 1.165) is 49.6 Å². The molecule has 1 aromatic carbocycles. The highest BCUT2D eigenvalue weighted by Gasteiger charge is 2.31. The van der Waals surface area contributed by atoms with E-state index in [-0.39, 0.29) is 18.4 Å². The molecule has 0 unspecified atom stereocenters. The van der Waals surface area contributed by atoms with Crippen LogP contribution in [-0.4, -0.2) is 31.1 Å². The Hall–Kier alpha value is -1.50. The molecule has 1 atom stereocenters. The maximum atomic E-state index is 12.7. The van der Waals surface area contributed by atoms with Crippen LogP contribution in [0.2, 0.25) is 0 Å². The lowest BCUT2D eigenvalue weighted by Gasteiger charge is -2.34. The van der Waals surface area contributed by atoms with Gasteiger partial charge in [0.15, 0.2) is 0 Å². The molecule has 1 aromatic heterocycles. The van der Waals surface area contributed by atoms with Crippen molar-refractivity contribution in [2.24, 2.45) is 0 Å². The van der Waals surface area contributed by atoms with E-state index >= 15 is 0 Å². The van der Waals surface area contributed by atoms with E-state index in [1.54, 1.807) is 12.3 Å². The summed E-state index contributed by atoms with van der Waals surface area (Å²) in [5, 5.41) is 3.27. The molecular weight excluding hydrogens is 329 g/mol. The van der Waals surface area contributed by atoms with Gasteiger partial charge in [-0.1, -0.05) is 12.1 Å². The Bertz CT molecular complexity index is 593. The molecule has 0 spiro atoms. The summed E-state index contributed by atoms with van der Waals surface area (Å²) >= 11 is 0. The van der Waals surface area contributed by atoms with Crippen molar-refractivity contribution in [3.63, 3.8) is 0 Å². The van der Waals surface area contributed by atoms with E-state index < -0.39 is 11.7 Å². The third-order valence-corrected chi connectivity index (χ3v) is 3.88. The summed E-state index contributed by atoms with van der Waals surface area (Å²) in [5.74, 6) is 0.752. The summed E-state index contributed by atoms with van der Waals surface area (Å²) in [6.07, 6.45) is -2.72. The number of rotatable bonds is 3. The van der Waals surface area contributed by atoms with Gasteiger partial charge in [-0.25, -0.2) is 0 Å². The first-order chi connectivity index (χ1) is 10.6. The average Bonchev–Trinajstić information content (AvgIpc) is 3.02. The number of hydrogen-bond donors (Lipinski definition) is 1. The predicted octanol–water partition coefficient (Wildman–Crippen LogP) is 3.71. The number of piperazine rings is 1. The summed E-state index contributed by atoms with van der Waals surface area (Å²) in [4.78, 5) is 2.22. The summed E-state index contributed by atoms with van der Waals surface area (Å²) in [6.45, 7) is 3.37. The van der Waals surface area contributed by atoms with Crippen LogP contribution in [0.3, 0.4) is 0 Å². The number of alkyl halides is 3. The van der Waals surface area contributed by atoms with Crippen LogP contribution in [-0.2, 0) is 6.18 Å². The molecule has 0 bridgehead atoms. The first-order valence-electron chi connectivity index (χ1n) is 7.21. The maximum absolute atomic E-state index is 12.7. The van der Waals surface area contributed by atoms with Crippen LogP contribution in [0.25, 0.3) is 0 Å². The third-order valence-electron chi connectivity index (χ3n) is 3.88. The van der Waals surface area contributed by atoms with Gasteiger partial charge in [-0.3, -0.25) is 4.90 Å². The fourth-order valence-corrected chi connectivity index (χ4v) is 2.80. The Morgan fingerprint density at radius 2 is 1.70 bits per heavy atom. The largest absolute Gasteiger partial charge is 0.467 e. The van der Waals surface area contributed by atoms with E-state index in [1.807, 2.05) is 6.07 Å². The Morgan fingerprint density at radius 1 is 1.04 bits per heavy atom. The molecule has 1 aliphatic heterocycles. The lowest BCUT2D eigenvalue weighted by atomic mass is 10.0. The van der Waals surface area contributed by atoms with Gasteiger partial charge in [0.25, 0.3) is 0 Å². The van der Waals surface area contributed by atoms with Crippen molar-refractivity contribution in [2.45, 2.75) is 12.2 Å². The molecule has 1 aliphatic rings. The Labute approximate surface area is 138 Å². The van der Waals surface area contributed by atoms with Gasteiger partial charge in [0.05, 0.1) is 17.9 Å². The molecule has 23 heavy (non-hydrogen) atoms. The van der Waals surface area contributed by atoms with E-state index in [4.69, 9.17) is 4.42 Å². The number of benzene rings is 1. The van der Waals surface area contributed by atoms with Gasteiger partial charge >= 0.3 is 6.18 Å². The normalized spacial score (nSPS) is 17.5. The molecule has 0 radical (unpaired) electrons. The minimum absolute atomic E-state index is 0. The topological polar surface area (TPSA) is 28.4 Å². The summed E-state index contributed by atoms with van der Waals surface area (Å²) in [5.41, 5.74) is 0.180. The molecule has 1 fully saturated rings. The van der Waals surface area contributed by atoms with Crippen LogP contribution in [0, 0.1) is 0 Å². The first-order valence-corrected chi connectivity index (χ1v) is 7.21. The van der Waals surface area contributed by atoms with Crippen LogP contribution < -0.4 is 5.32 Å². The van der Waals surface area contributed by atoms with Gasteiger partial charge in [0.1, 0.15) is 5.76 Å². The summed E-state index contributed by atoms with van der Waals surface area (Å²) in [6, 6.07) is 8.86. The van der Waals surface area contributed by atoms with E-state index in [9.17, 15) is 13.2 Å². The monoisotopic (exact) mass is 346 g/mol. The van der Waals surface area contributed by atoms with E-state index in [0.29, 0.717) is 0 Å². The van der Waals surface area contributed by atoms with Gasteiger partial charge in [-0.15, -0.1) is 12.4 Å². The van der Waals surface area contributed by atoms with Crippen molar-refractivity contribution in [1.29, 1.82) is 0 Å². The molecule has 126 valence electrons. The number of hydrogen-bond acceptors (Lipinski definition) is 3. The highest BCUT2D eigenvalue weighted by Crippen LogP contribution is 2.33. The Morgan fingerprint density at radius 3 is 2.22 bits per heavy atom. The van der Waals surface area contributed by atoms with Crippen LogP contribution in [0.15, 0.2) is 47.1 Å². The van der Waals surface area contributed by atoms with Gasteiger partial charge in [0, 0.05) is 26.2 Å². The number of furan rings is 1. The number of halogens is 4. The molecule has 2 aromatic rings. The number of nitrogens with one attached hydrogen (secondary N) is 1. The minimum Gasteiger partial charge on any atom is -0.467 e. The van der Waals surface area contributed by atoms with Crippen molar-refractivity contribution in [3.8, 4) is 0 Å². The fraction of sp³-hybridized carbons (Fsp3) is 0.375. The van der Waals surface area contributed by atoms with Crippen LogP contribution in [0.1, 0.15) is 22.9 Å². The quantitative estimate of drug-likeness (QED) is 0.918. The van der Waals surface area contributed by atoms with Crippen LogP contribution in [0.4, 0.5) is 13.2 Å². The zero-order valence-electron chi connectivity index (χ0n) is 12.3. The lowest BCUT2D eigenvalue weighted by molar-refractivity contribution is -0.137. The highest BCUT2D eigenvalue weighted by atomic mass is 35.5. The van der Waals surface area contributed by atoms with Crippen molar-refractivity contribution >= 4 is 12.4 Å². The molecule has 3 rings (SSSR count). The molecule has 2 heterocycles. The third kappa shape index (κ3) is 4.07. The molecule has 7 heteroatoms. The van der Waals surface area contributed by atoms with Crippen molar-refractivity contribution < 1.29 is 17.6 Å². The molecule has 1 saturated heterocycles. The average molecular weight is 347 g/mol. The van der Waals surface area contributed by atoms with Gasteiger partial charge in [-0.2, -0.15) is 13.2 Å². The minimum atomic E-state index is -4.31. The van der Waals surface area contributed by atoms with Crippen molar-refractivity contribution in [3.05, 3.63) is 59.5 Å². The smallest absolute Gasteiger partial charge is 0.416 e. The first kappa shape index (κ1) is 17.8. The van der Waals surface area contributed by atoms with Crippen LogP contribution in [0.5, 0.6) is 0 Å². The van der Waals surface area contributed by atoms with E-state index in [1.165, 1.54) is 12.1 Å².